The standard InChI is InChI=1S/C28H24N4OS2/c29-28-26-20(21(15-30-28)17-14-31-32(16-17)18-7-2-1-3-8-18)13-22(33-26)19-9-6-12-25-27(19)35-24-11-5-4-10-23(24)34-25/h4-6,9-16,18H,1-3,7-8H2,(H2,29,30). The summed E-state index contributed by atoms with van der Waals surface area (Å²) in [6.45, 7) is 0. The van der Waals surface area contributed by atoms with Crippen LogP contribution in [0.2, 0.25) is 0 Å². The van der Waals surface area contributed by atoms with Crippen LogP contribution in [0, 0.1) is 0 Å². The van der Waals surface area contributed by atoms with Crippen molar-refractivity contribution in [2.45, 2.75) is 57.7 Å². The van der Waals surface area contributed by atoms with Crippen molar-refractivity contribution in [2.24, 2.45) is 0 Å². The third-order valence-electron chi connectivity index (χ3n) is 6.97. The molecule has 1 aliphatic heterocycles. The minimum atomic E-state index is 0.409. The summed E-state index contributed by atoms with van der Waals surface area (Å²) in [5, 5.41) is 5.68. The molecule has 0 spiro atoms. The van der Waals surface area contributed by atoms with Crippen LogP contribution in [0.25, 0.3) is 33.4 Å². The zero-order valence-electron chi connectivity index (χ0n) is 19.1. The molecule has 7 rings (SSSR count). The fourth-order valence-electron chi connectivity index (χ4n) is 5.17. The van der Waals surface area contributed by atoms with Crippen LogP contribution in [-0.2, 0) is 0 Å². The quantitative estimate of drug-likeness (QED) is 0.267. The van der Waals surface area contributed by atoms with Gasteiger partial charge in [0.25, 0.3) is 0 Å². The Balaban J connectivity index is 1.31. The molecule has 0 amide bonds. The van der Waals surface area contributed by atoms with Gasteiger partial charge < -0.3 is 10.2 Å². The average Bonchev–Trinajstić information content (AvgIpc) is 3.57. The van der Waals surface area contributed by atoms with E-state index >= 15 is 0 Å². The number of pyridine rings is 1. The molecule has 35 heavy (non-hydrogen) atoms. The molecule has 1 aliphatic carbocycles. The van der Waals surface area contributed by atoms with Gasteiger partial charge in [-0.3, -0.25) is 4.68 Å². The molecule has 5 nitrogen and oxygen atoms in total. The monoisotopic (exact) mass is 496 g/mol. The maximum atomic E-state index is 6.39. The fraction of sp³-hybridized carbons (Fsp3) is 0.214. The number of furan rings is 1. The second kappa shape index (κ2) is 8.50. The first-order valence-electron chi connectivity index (χ1n) is 12.1. The third kappa shape index (κ3) is 3.65. The molecule has 0 radical (unpaired) electrons. The molecule has 4 heterocycles. The number of benzene rings is 2. The summed E-state index contributed by atoms with van der Waals surface area (Å²) in [6.07, 6.45) is 12.2. The second-order valence-corrected chi connectivity index (χ2v) is 11.3. The zero-order chi connectivity index (χ0) is 23.4. The van der Waals surface area contributed by atoms with Crippen LogP contribution in [0.15, 0.2) is 91.1 Å². The van der Waals surface area contributed by atoms with Gasteiger partial charge in [-0.25, -0.2) is 4.98 Å². The highest BCUT2D eigenvalue weighted by Crippen LogP contribution is 2.52. The number of rotatable bonds is 3. The Hall–Kier alpha value is -3.16. The van der Waals surface area contributed by atoms with Gasteiger partial charge in [-0.05, 0) is 37.1 Å². The molecule has 3 aromatic heterocycles. The molecule has 2 N–H and O–H groups in total. The van der Waals surface area contributed by atoms with Crippen molar-refractivity contribution in [3.8, 4) is 22.5 Å². The average molecular weight is 497 g/mol. The molecule has 1 fully saturated rings. The number of nitrogen functional groups attached to an aromatic ring is 1. The van der Waals surface area contributed by atoms with E-state index in [0.29, 0.717) is 17.4 Å². The molecule has 0 bridgehead atoms. The Morgan fingerprint density at radius 3 is 2.54 bits per heavy atom. The van der Waals surface area contributed by atoms with E-state index in [-0.39, 0.29) is 0 Å². The Bertz CT molecular complexity index is 1560. The summed E-state index contributed by atoms with van der Waals surface area (Å²) in [6, 6.07) is 17.5. The lowest BCUT2D eigenvalue weighted by Crippen LogP contribution is -2.12. The van der Waals surface area contributed by atoms with E-state index in [9.17, 15) is 0 Å². The summed E-state index contributed by atoms with van der Waals surface area (Å²) in [5.74, 6) is 1.22. The molecule has 1 saturated carbocycles. The first-order chi connectivity index (χ1) is 17.2. The summed E-state index contributed by atoms with van der Waals surface area (Å²) in [4.78, 5) is 9.48. The van der Waals surface area contributed by atoms with Gasteiger partial charge in [0.05, 0.1) is 12.2 Å². The number of hydrogen-bond acceptors (Lipinski definition) is 6. The van der Waals surface area contributed by atoms with Gasteiger partial charge in [-0.15, -0.1) is 0 Å². The molecule has 0 saturated heterocycles. The van der Waals surface area contributed by atoms with E-state index in [2.05, 4.69) is 64.4 Å². The van der Waals surface area contributed by atoms with E-state index < -0.39 is 0 Å². The lowest BCUT2D eigenvalue weighted by Gasteiger charge is -2.21. The summed E-state index contributed by atoms with van der Waals surface area (Å²) >= 11 is 3.60. The predicted molar refractivity (Wildman–Crippen MR) is 142 cm³/mol. The van der Waals surface area contributed by atoms with Crippen molar-refractivity contribution in [1.29, 1.82) is 0 Å². The van der Waals surface area contributed by atoms with Crippen LogP contribution in [0.5, 0.6) is 0 Å². The number of fused-ring (bicyclic) bond motifs is 3. The Kier molecular flexibility index (Phi) is 5.14. The highest BCUT2D eigenvalue weighted by atomic mass is 32.2. The first-order valence-corrected chi connectivity index (χ1v) is 13.7. The fourth-order valence-corrected chi connectivity index (χ4v) is 7.56. The Labute approximate surface area is 212 Å². The van der Waals surface area contributed by atoms with Crippen molar-refractivity contribution in [1.82, 2.24) is 14.8 Å². The number of hydrogen-bond donors (Lipinski definition) is 1. The highest BCUT2D eigenvalue weighted by Gasteiger charge is 2.23. The van der Waals surface area contributed by atoms with Gasteiger partial charge in [0.15, 0.2) is 11.4 Å². The summed E-state index contributed by atoms with van der Waals surface area (Å²) in [5.41, 5.74) is 10.0. The number of nitrogens with two attached hydrogens (primary N) is 1. The van der Waals surface area contributed by atoms with E-state index in [1.165, 1.54) is 51.7 Å². The molecule has 2 aromatic carbocycles. The van der Waals surface area contributed by atoms with E-state index in [1.807, 2.05) is 24.2 Å². The Morgan fingerprint density at radius 1 is 0.886 bits per heavy atom. The van der Waals surface area contributed by atoms with Crippen LogP contribution in [0.3, 0.4) is 0 Å². The SMILES string of the molecule is Nc1ncc(-c2cnn(C3CCCCC3)c2)c2cc(-c3cccc4c3Sc3ccccc3S4)oc12. The smallest absolute Gasteiger partial charge is 0.177 e. The van der Waals surface area contributed by atoms with Crippen LogP contribution in [0.4, 0.5) is 5.82 Å². The van der Waals surface area contributed by atoms with Gasteiger partial charge >= 0.3 is 0 Å². The predicted octanol–water partition coefficient (Wildman–Crippen LogP) is 8.06. The molecule has 5 aromatic rings. The topological polar surface area (TPSA) is 69.9 Å². The normalized spacial score (nSPS) is 15.8. The Morgan fingerprint density at radius 2 is 1.69 bits per heavy atom. The highest BCUT2D eigenvalue weighted by molar-refractivity contribution is 8.05. The van der Waals surface area contributed by atoms with Gasteiger partial charge in [-0.1, -0.05) is 67.1 Å². The molecule has 7 heteroatoms. The minimum Gasteiger partial charge on any atom is -0.452 e. The maximum absolute atomic E-state index is 6.39. The largest absolute Gasteiger partial charge is 0.452 e. The van der Waals surface area contributed by atoms with Gasteiger partial charge in [0.2, 0.25) is 0 Å². The molecule has 0 atom stereocenters. The first kappa shape index (κ1) is 21.1. The second-order valence-electron chi connectivity index (χ2n) is 9.20. The molecule has 2 aliphatic rings. The maximum Gasteiger partial charge on any atom is 0.177 e. The summed E-state index contributed by atoms with van der Waals surface area (Å²) in [7, 11) is 0. The van der Waals surface area contributed by atoms with Crippen molar-refractivity contribution >= 4 is 40.3 Å². The van der Waals surface area contributed by atoms with Crippen molar-refractivity contribution in [3.05, 3.63) is 67.1 Å². The van der Waals surface area contributed by atoms with Gasteiger partial charge in [-0.2, -0.15) is 5.10 Å². The van der Waals surface area contributed by atoms with Crippen LogP contribution < -0.4 is 5.73 Å². The van der Waals surface area contributed by atoms with Crippen molar-refractivity contribution in [2.75, 3.05) is 5.73 Å². The molecular weight excluding hydrogens is 472 g/mol. The van der Waals surface area contributed by atoms with Crippen LogP contribution in [-0.4, -0.2) is 14.8 Å². The molecule has 0 unspecified atom stereocenters. The van der Waals surface area contributed by atoms with Gasteiger partial charge in [0.1, 0.15) is 5.76 Å². The molecular formula is C28H24N4OS2. The van der Waals surface area contributed by atoms with E-state index in [0.717, 1.165) is 27.8 Å². The van der Waals surface area contributed by atoms with Crippen molar-refractivity contribution in [3.63, 3.8) is 0 Å². The van der Waals surface area contributed by atoms with Crippen LogP contribution in [0.1, 0.15) is 38.1 Å². The number of aromatic nitrogens is 3. The van der Waals surface area contributed by atoms with Gasteiger partial charge in [0, 0.05) is 54.1 Å². The zero-order valence-corrected chi connectivity index (χ0v) is 20.7. The molecule has 174 valence electrons. The third-order valence-corrected chi connectivity index (χ3v) is 9.59. The number of nitrogens with zero attached hydrogens (tertiary/aromatic N) is 3. The van der Waals surface area contributed by atoms with E-state index in [1.54, 1.807) is 11.8 Å². The summed E-state index contributed by atoms with van der Waals surface area (Å²) < 4.78 is 8.52. The lowest BCUT2D eigenvalue weighted by molar-refractivity contribution is 0.329. The van der Waals surface area contributed by atoms with Crippen LogP contribution >= 0.6 is 23.5 Å². The minimum absolute atomic E-state index is 0.409. The van der Waals surface area contributed by atoms with Crippen molar-refractivity contribution < 1.29 is 4.42 Å². The van der Waals surface area contributed by atoms with E-state index in [4.69, 9.17) is 15.2 Å². The lowest BCUT2D eigenvalue weighted by atomic mass is 9.96. The number of anilines is 1.